The quantitative estimate of drug-likeness (QED) is 0.270. The Morgan fingerprint density at radius 1 is 1.06 bits per heavy atom. The van der Waals surface area contributed by atoms with Crippen molar-refractivity contribution >= 4 is 40.4 Å². The lowest BCUT2D eigenvalue weighted by atomic mass is 10.2. The van der Waals surface area contributed by atoms with Gasteiger partial charge in [-0.05, 0) is 73.8 Å². The summed E-state index contributed by atoms with van der Waals surface area (Å²) in [6.07, 6.45) is 0.669. The van der Waals surface area contributed by atoms with Crippen LogP contribution in [0.5, 0.6) is 5.75 Å². The van der Waals surface area contributed by atoms with Crippen molar-refractivity contribution in [3.63, 3.8) is 0 Å². The van der Waals surface area contributed by atoms with Gasteiger partial charge in [-0.3, -0.25) is 9.36 Å². The summed E-state index contributed by atoms with van der Waals surface area (Å²) in [5.41, 5.74) is 2.85. The Kier molecular flexibility index (Phi) is 8.44. The van der Waals surface area contributed by atoms with E-state index in [2.05, 4.69) is 45.7 Å². The van der Waals surface area contributed by atoms with Gasteiger partial charge in [-0.2, -0.15) is 0 Å². The third-order valence-electron chi connectivity index (χ3n) is 5.56. The number of methoxy groups -OCH3 is 1. The maximum Gasteiger partial charge on any atom is 0.234 e. The topological polar surface area (TPSA) is 72.3 Å². The number of thioether (sulfide) groups is 1. The molecular weight excluding hydrogens is 478 g/mol. The molecule has 4 aromatic rings. The van der Waals surface area contributed by atoms with Gasteiger partial charge < -0.3 is 15.0 Å². The number of hydrogen-bond acceptors (Lipinski definition) is 7. The summed E-state index contributed by atoms with van der Waals surface area (Å²) in [6.45, 7) is 6.16. The molecule has 4 rings (SSSR count). The van der Waals surface area contributed by atoms with Crippen LogP contribution in [0.4, 0.5) is 11.4 Å². The first-order chi connectivity index (χ1) is 17.1. The number of carbonyl (C=O) groups is 1. The van der Waals surface area contributed by atoms with E-state index in [0.29, 0.717) is 11.6 Å². The molecule has 0 aliphatic heterocycles. The van der Waals surface area contributed by atoms with Crippen LogP contribution >= 0.6 is 23.1 Å². The fourth-order valence-corrected chi connectivity index (χ4v) is 5.21. The third-order valence-corrected chi connectivity index (χ3v) is 7.36. The molecule has 0 spiro atoms. The van der Waals surface area contributed by atoms with Crippen molar-refractivity contribution in [3.05, 3.63) is 76.7 Å². The second-order valence-electron chi connectivity index (χ2n) is 7.74. The van der Waals surface area contributed by atoms with Crippen molar-refractivity contribution < 1.29 is 9.53 Å². The standard InChI is InChI=1S/C26H29N5O2S2/c1-4-30(5-2)20-10-8-19(9-11-20)27-25(32)18-35-26-29-28-24(17-23-7-6-16-34-23)31(26)21-12-14-22(33-3)15-13-21/h6-16H,4-5,17-18H2,1-3H3,(H,27,32). The molecule has 2 aromatic heterocycles. The molecule has 2 aromatic carbocycles. The van der Waals surface area contributed by atoms with Gasteiger partial charge in [-0.15, -0.1) is 21.5 Å². The fourth-order valence-electron chi connectivity index (χ4n) is 3.74. The lowest BCUT2D eigenvalue weighted by molar-refractivity contribution is -0.113. The van der Waals surface area contributed by atoms with E-state index in [-0.39, 0.29) is 11.7 Å². The van der Waals surface area contributed by atoms with Crippen LogP contribution in [0, 0.1) is 0 Å². The number of thiophene rings is 1. The van der Waals surface area contributed by atoms with Crippen LogP contribution < -0.4 is 15.0 Å². The zero-order valence-electron chi connectivity index (χ0n) is 20.1. The molecule has 2 heterocycles. The fraction of sp³-hybridized carbons (Fsp3) is 0.269. The molecule has 0 unspecified atom stereocenters. The van der Waals surface area contributed by atoms with Gasteiger partial charge in [0.05, 0.1) is 12.9 Å². The number of anilines is 2. The molecule has 1 amide bonds. The number of benzene rings is 2. The maximum atomic E-state index is 12.7. The van der Waals surface area contributed by atoms with Crippen molar-refractivity contribution in [2.75, 3.05) is 36.2 Å². The highest BCUT2D eigenvalue weighted by atomic mass is 32.2. The molecule has 0 fully saturated rings. The summed E-state index contributed by atoms with van der Waals surface area (Å²) in [5, 5.41) is 14.6. The molecule has 0 saturated carbocycles. The normalized spacial score (nSPS) is 10.8. The van der Waals surface area contributed by atoms with Crippen LogP contribution in [0.15, 0.2) is 71.2 Å². The zero-order chi connectivity index (χ0) is 24.6. The largest absolute Gasteiger partial charge is 0.497 e. The number of nitrogens with one attached hydrogen (secondary N) is 1. The van der Waals surface area contributed by atoms with Gasteiger partial charge in [-0.25, -0.2) is 0 Å². The molecule has 0 saturated heterocycles. The Labute approximate surface area is 214 Å². The van der Waals surface area contributed by atoms with Crippen LogP contribution in [-0.4, -0.2) is 46.6 Å². The molecule has 0 aliphatic carbocycles. The van der Waals surface area contributed by atoms with Crippen LogP contribution in [0.2, 0.25) is 0 Å². The molecule has 1 N–H and O–H groups in total. The van der Waals surface area contributed by atoms with E-state index in [1.807, 2.05) is 59.2 Å². The second kappa shape index (κ2) is 11.9. The summed E-state index contributed by atoms with van der Waals surface area (Å²) >= 11 is 3.06. The van der Waals surface area contributed by atoms with E-state index in [0.717, 1.165) is 41.7 Å². The predicted molar refractivity (Wildman–Crippen MR) is 144 cm³/mol. The Morgan fingerprint density at radius 2 is 1.80 bits per heavy atom. The minimum Gasteiger partial charge on any atom is -0.497 e. The van der Waals surface area contributed by atoms with Gasteiger partial charge in [-0.1, -0.05) is 17.8 Å². The number of carbonyl (C=O) groups excluding carboxylic acids is 1. The predicted octanol–water partition coefficient (Wildman–Crippen LogP) is 5.51. The summed E-state index contributed by atoms with van der Waals surface area (Å²) in [4.78, 5) is 16.2. The van der Waals surface area contributed by atoms with Crippen LogP contribution in [-0.2, 0) is 11.2 Å². The van der Waals surface area contributed by atoms with E-state index < -0.39 is 0 Å². The smallest absolute Gasteiger partial charge is 0.234 e. The van der Waals surface area contributed by atoms with E-state index in [4.69, 9.17) is 4.74 Å². The van der Waals surface area contributed by atoms with Crippen molar-refractivity contribution in [3.8, 4) is 11.4 Å². The monoisotopic (exact) mass is 507 g/mol. The van der Waals surface area contributed by atoms with E-state index >= 15 is 0 Å². The summed E-state index contributed by atoms with van der Waals surface area (Å²) in [7, 11) is 1.65. The van der Waals surface area contributed by atoms with Crippen molar-refractivity contribution in [1.29, 1.82) is 0 Å². The SMILES string of the molecule is CCN(CC)c1ccc(NC(=O)CSc2nnc(Cc3cccs3)n2-c2ccc(OC)cc2)cc1. The maximum absolute atomic E-state index is 12.7. The highest BCUT2D eigenvalue weighted by Crippen LogP contribution is 2.26. The molecule has 0 radical (unpaired) electrons. The minimum absolute atomic E-state index is 0.0883. The number of aromatic nitrogens is 3. The molecule has 182 valence electrons. The van der Waals surface area contributed by atoms with Gasteiger partial charge in [0, 0.05) is 41.4 Å². The molecule has 0 bridgehead atoms. The highest BCUT2D eigenvalue weighted by molar-refractivity contribution is 7.99. The lowest BCUT2D eigenvalue weighted by Crippen LogP contribution is -2.21. The van der Waals surface area contributed by atoms with Crippen molar-refractivity contribution in [2.24, 2.45) is 0 Å². The number of nitrogens with zero attached hydrogens (tertiary/aromatic N) is 4. The molecule has 0 aliphatic rings. The Hall–Kier alpha value is -3.30. The van der Waals surface area contributed by atoms with Crippen LogP contribution in [0.1, 0.15) is 24.5 Å². The Morgan fingerprint density at radius 3 is 2.43 bits per heavy atom. The first kappa shape index (κ1) is 24.8. The Balaban J connectivity index is 1.47. The molecule has 9 heteroatoms. The van der Waals surface area contributed by atoms with Gasteiger partial charge >= 0.3 is 0 Å². The van der Waals surface area contributed by atoms with Crippen molar-refractivity contribution in [2.45, 2.75) is 25.4 Å². The van der Waals surface area contributed by atoms with Crippen molar-refractivity contribution in [1.82, 2.24) is 14.8 Å². The van der Waals surface area contributed by atoms with E-state index in [1.165, 1.54) is 16.6 Å². The van der Waals surface area contributed by atoms with E-state index in [1.54, 1.807) is 18.4 Å². The zero-order valence-corrected chi connectivity index (χ0v) is 21.7. The number of hydrogen-bond donors (Lipinski definition) is 1. The number of ether oxygens (including phenoxy) is 1. The molecule has 35 heavy (non-hydrogen) atoms. The first-order valence-electron chi connectivity index (χ1n) is 11.5. The average molecular weight is 508 g/mol. The molecular formula is C26H29N5O2S2. The Bertz CT molecular complexity index is 1220. The van der Waals surface area contributed by atoms with Crippen LogP contribution in [0.25, 0.3) is 5.69 Å². The third kappa shape index (κ3) is 6.23. The average Bonchev–Trinajstić information content (AvgIpc) is 3.55. The molecule has 0 atom stereocenters. The summed E-state index contributed by atoms with van der Waals surface area (Å²) < 4.78 is 7.31. The summed E-state index contributed by atoms with van der Waals surface area (Å²) in [5.74, 6) is 1.75. The second-order valence-corrected chi connectivity index (χ2v) is 9.72. The van der Waals surface area contributed by atoms with Gasteiger partial charge in [0.1, 0.15) is 11.6 Å². The first-order valence-corrected chi connectivity index (χ1v) is 13.4. The number of rotatable bonds is 11. The lowest BCUT2D eigenvalue weighted by Gasteiger charge is -2.21. The van der Waals surface area contributed by atoms with Crippen LogP contribution in [0.3, 0.4) is 0 Å². The minimum atomic E-state index is -0.0883. The number of amides is 1. The van der Waals surface area contributed by atoms with Gasteiger partial charge in [0.2, 0.25) is 5.91 Å². The van der Waals surface area contributed by atoms with E-state index in [9.17, 15) is 4.79 Å². The van der Waals surface area contributed by atoms with Gasteiger partial charge in [0.25, 0.3) is 0 Å². The molecule has 7 nitrogen and oxygen atoms in total. The summed E-state index contributed by atoms with van der Waals surface area (Å²) in [6, 6.07) is 19.8. The highest BCUT2D eigenvalue weighted by Gasteiger charge is 2.17. The van der Waals surface area contributed by atoms with Gasteiger partial charge in [0.15, 0.2) is 5.16 Å².